The predicted molar refractivity (Wildman–Crippen MR) is 84.6 cm³/mol. The van der Waals surface area contributed by atoms with Crippen LogP contribution >= 0.6 is 11.6 Å². The van der Waals surface area contributed by atoms with E-state index in [-0.39, 0.29) is 29.6 Å². The lowest BCUT2D eigenvalue weighted by Gasteiger charge is -2.15. The van der Waals surface area contributed by atoms with Gasteiger partial charge in [-0.2, -0.15) is 5.26 Å². The zero-order chi connectivity index (χ0) is 16.7. The van der Waals surface area contributed by atoms with Crippen LogP contribution in [0.15, 0.2) is 30.0 Å². The van der Waals surface area contributed by atoms with Gasteiger partial charge in [0, 0.05) is 31.9 Å². The summed E-state index contributed by atoms with van der Waals surface area (Å²) in [4.78, 5) is 24.7. The van der Waals surface area contributed by atoms with Crippen molar-refractivity contribution >= 4 is 34.8 Å². The monoisotopic (exact) mass is 321 g/mol. The van der Waals surface area contributed by atoms with Crippen molar-refractivity contribution in [3.05, 3.63) is 35.0 Å². The van der Waals surface area contributed by atoms with Crippen LogP contribution in [0.1, 0.15) is 6.92 Å². The lowest BCUT2D eigenvalue weighted by atomic mass is 10.2. The lowest BCUT2D eigenvalue weighted by molar-refractivity contribution is -0.126. The molecule has 8 heteroatoms. The van der Waals surface area contributed by atoms with Gasteiger partial charge in [-0.1, -0.05) is 11.6 Å². The van der Waals surface area contributed by atoms with E-state index < -0.39 is 5.91 Å². The summed E-state index contributed by atoms with van der Waals surface area (Å²) in [5.41, 5.74) is 11.5. The highest BCUT2D eigenvalue weighted by Gasteiger charge is 2.14. The summed E-state index contributed by atoms with van der Waals surface area (Å²) in [7, 11) is 0. The van der Waals surface area contributed by atoms with Crippen LogP contribution in [0.5, 0.6) is 0 Å². The van der Waals surface area contributed by atoms with E-state index in [2.05, 4.69) is 5.32 Å². The number of benzene rings is 1. The zero-order valence-electron chi connectivity index (χ0n) is 12.0. The number of carbonyl (C=O) groups excluding carboxylic acids is 2. The summed E-state index contributed by atoms with van der Waals surface area (Å²) in [6.45, 7) is 1.74. The summed E-state index contributed by atoms with van der Waals surface area (Å²) >= 11 is 5.86. The van der Waals surface area contributed by atoms with Crippen molar-refractivity contribution in [3.63, 3.8) is 0 Å². The highest BCUT2D eigenvalue weighted by Crippen LogP contribution is 2.22. The van der Waals surface area contributed by atoms with E-state index >= 15 is 0 Å². The Hall–Kier alpha value is -2.56. The van der Waals surface area contributed by atoms with E-state index in [1.54, 1.807) is 12.1 Å². The second-order valence-electron chi connectivity index (χ2n) is 4.35. The number of rotatable bonds is 5. The Morgan fingerprint density at radius 1 is 1.50 bits per heavy atom. The smallest absolute Gasteiger partial charge is 0.267 e. The van der Waals surface area contributed by atoms with Crippen molar-refractivity contribution in [3.8, 4) is 6.07 Å². The maximum atomic E-state index is 12.1. The molecule has 0 saturated carbocycles. The van der Waals surface area contributed by atoms with Gasteiger partial charge in [0.2, 0.25) is 5.91 Å². The molecule has 5 N–H and O–H groups in total. The molecular formula is C14H16ClN5O2. The Balaban J connectivity index is 2.94. The predicted octanol–water partition coefficient (Wildman–Crippen LogP) is 1.08. The maximum Gasteiger partial charge on any atom is 0.267 e. The molecule has 0 saturated heterocycles. The Morgan fingerprint density at radius 3 is 2.68 bits per heavy atom. The SMILES string of the molecule is CC(=O)N(/C=C(/C#N)C(=O)Nc1ccc(N)c(Cl)c1)CCN. The molecule has 22 heavy (non-hydrogen) atoms. The first-order chi connectivity index (χ1) is 10.4. The van der Waals surface area contributed by atoms with Gasteiger partial charge < -0.3 is 21.7 Å². The number of nitrogens with zero attached hydrogens (tertiary/aromatic N) is 2. The third kappa shape index (κ3) is 4.77. The van der Waals surface area contributed by atoms with E-state index in [9.17, 15) is 9.59 Å². The molecule has 0 heterocycles. The van der Waals surface area contributed by atoms with Gasteiger partial charge in [0.1, 0.15) is 11.6 Å². The van der Waals surface area contributed by atoms with Crippen LogP contribution in [0, 0.1) is 11.3 Å². The summed E-state index contributed by atoms with van der Waals surface area (Å²) in [6, 6.07) is 6.30. The molecule has 0 fully saturated rings. The van der Waals surface area contributed by atoms with Crippen LogP contribution < -0.4 is 16.8 Å². The molecule has 0 spiro atoms. The van der Waals surface area contributed by atoms with E-state index in [4.69, 9.17) is 28.3 Å². The molecule has 2 amide bonds. The van der Waals surface area contributed by atoms with Crippen LogP contribution in [0.4, 0.5) is 11.4 Å². The third-order valence-electron chi connectivity index (χ3n) is 2.68. The average molecular weight is 322 g/mol. The summed E-state index contributed by atoms with van der Waals surface area (Å²) in [5.74, 6) is -0.979. The number of hydrogen-bond donors (Lipinski definition) is 3. The molecule has 116 valence electrons. The lowest BCUT2D eigenvalue weighted by Crippen LogP contribution is -2.30. The van der Waals surface area contributed by atoms with Gasteiger partial charge >= 0.3 is 0 Å². The van der Waals surface area contributed by atoms with Gasteiger partial charge in [-0.25, -0.2) is 0 Å². The topological polar surface area (TPSA) is 125 Å². The number of nitrogen functional groups attached to an aromatic ring is 1. The van der Waals surface area contributed by atoms with Crippen LogP contribution in [0.2, 0.25) is 5.02 Å². The molecule has 0 atom stereocenters. The number of nitrogens with one attached hydrogen (secondary N) is 1. The standard InChI is InChI=1S/C14H16ClN5O2/c1-9(21)20(5-4-16)8-10(7-17)14(22)19-11-2-3-13(18)12(15)6-11/h2-3,6,8H,4-5,16,18H2,1H3,(H,19,22)/b10-8-. The second-order valence-corrected chi connectivity index (χ2v) is 4.75. The van der Waals surface area contributed by atoms with E-state index in [1.807, 2.05) is 0 Å². The molecular weight excluding hydrogens is 306 g/mol. The molecule has 0 unspecified atom stereocenters. The number of halogens is 1. The molecule has 1 aromatic rings. The fraction of sp³-hybridized carbons (Fsp3) is 0.214. The summed E-state index contributed by atoms with van der Waals surface area (Å²) in [6.07, 6.45) is 1.17. The van der Waals surface area contributed by atoms with Crippen molar-refractivity contribution in [1.82, 2.24) is 4.90 Å². The van der Waals surface area contributed by atoms with Crippen molar-refractivity contribution < 1.29 is 9.59 Å². The fourth-order valence-corrected chi connectivity index (χ4v) is 1.73. The van der Waals surface area contributed by atoms with Crippen LogP contribution in [0.3, 0.4) is 0 Å². The molecule has 0 aromatic heterocycles. The highest BCUT2D eigenvalue weighted by atomic mass is 35.5. The van der Waals surface area contributed by atoms with Crippen molar-refractivity contribution in [2.24, 2.45) is 5.73 Å². The Morgan fingerprint density at radius 2 is 2.18 bits per heavy atom. The second kappa shape index (κ2) is 8.02. The highest BCUT2D eigenvalue weighted by molar-refractivity contribution is 6.33. The average Bonchev–Trinajstić information content (AvgIpc) is 2.46. The number of carbonyl (C=O) groups is 2. The largest absolute Gasteiger partial charge is 0.398 e. The van der Waals surface area contributed by atoms with Gasteiger partial charge in [0.05, 0.1) is 10.7 Å². The third-order valence-corrected chi connectivity index (χ3v) is 3.01. The van der Waals surface area contributed by atoms with Crippen molar-refractivity contribution in [1.29, 1.82) is 5.26 Å². The number of nitriles is 1. The normalized spacial score (nSPS) is 10.7. The van der Waals surface area contributed by atoms with Crippen molar-refractivity contribution in [2.75, 3.05) is 24.1 Å². The Bertz CT molecular complexity index is 651. The minimum atomic E-state index is -0.661. The minimum Gasteiger partial charge on any atom is -0.398 e. The molecule has 0 bridgehead atoms. The first kappa shape index (κ1) is 17.5. The molecule has 7 nitrogen and oxygen atoms in total. The quantitative estimate of drug-likeness (QED) is 0.425. The Kier molecular flexibility index (Phi) is 6.38. The van der Waals surface area contributed by atoms with E-state index in [0.717, 1.165) is 0 Å². The Labute approximate surface area is 133 Å². The fourth-order valence-electron chi connectivity index (χ4n) is 1.55. The zero-order valence-corrected chi connectivity index (χ0v) is 12.7. The molecule has 1 rings (SSSR count). The summed E-state index contributed by atoms with van der Waals surface area (Å²) in [5, 5.41) is 11.9. The summed E-state index contributed by atoms with van der Waals surface area (Å²) < 4.78 is 0. The number of hydrogen-bond acceptors (Lipinski definition) is 5. The van der Waals surface area contributed by atoms with E-state index in [0.29, 0.717) is 11.4 Å². The first-order valence-electron chi connectivity index (χ1n) is 6.34. The first-order valence-corrected chi connectivity index (χ1v) is 6.72. The van der Waals surface area contributed by atoms with Crippen LogP contribution in [0.25, 0.3) is 0 Å². The van der Waals surface area contributed by atoms with Gasteiger partial charge in [-0.3, -0.25) is 9.59 Å². The van der Waals surface area contributed by atoms with Gasteiger partial charge in [0.15, 0.2) is 0 Å². The molecule has 1 aromatic carbocycles. The minimum absolute atomic E-state index is 0.210. The molecule has 0 aliphatic rings. The van der Waals surface area contributed by atoms with Crippen molar-refractivity contribution in [2.45, 2.75) is 6.92 Å². The number of amides is 2. The van der Waals surface area contributed by atoms with E-state index in [1.165, 1.54) is 30.2 Å². The van der Waals surface area contributed by atoms with Gasteiger partial charge in [-0.15, -0.1) is 0 Å². The number of anilines is 2. The number of nitrogens with two attached hydrogens (primary N) is 2. The van der Waals surface area contributed by atoms with Gasteiger partial charge in [-0.05, 0) is 18.2 Å². The van der Waals surface area contributed by atoms with Crippen LogP contribution in [-0.4, -0.2) is 29.8 Å². The van der Waals surface area contributed by atoms with Gasteiger partial charge in [0.25, 0.3) is 5.91 Å². The van der Waals surface area contributed by atoms with Crippen LogP contribution in [-0.2, 0) is 9.59 Å². The molecule has 0 aliphatic carbocycles. The molecule has 0 aliphatic heterocycles. The maximum absolute atomic E-state index is 12.1. The molecule has 0 radical (unpaired) electrons.